The highest BCUT2D eigenvalue weighted by molar-refractivity contribution is 7.14. The molecule has 8 heteroatoms. The van der Waals surface area contributed by atoms with Crippen molar-refractivity contribution >= 4 is 33.9 Å². The molecule has 4 rings (SSSR count). The van der Waals surface area contributed by atoms with Crippen LogP contribution in [-0.2, 0) is 0 Å². The average molecular weight is 410 g/mol. The Balaban J connectivity index is 1.36. The van der Waals surface area contributed by atoms with Gasteiger partial charge >= 0.3 is 0 Å². The third kappa shape index (κ3) is 4.48. The van der Waals surface area contributed by atoms with E-state index < -0.39 is 0 Å². The van der Waals surface area contributed by atoms with Crippen molar-refractivity contribution in [2.24, 2.45) is 0 Å². The maximum atomic E-state index is 12.9. The Morgan fingerprint density at radius 2 is 1.90 bits per heavy atom. The normalized spacial score (nSPS) is 14.0. The molecule has 0 radical (unpaired) electrons. The van der Waals surface area contributed by atoms with Crippen LogP contribution < -0.4 is 15.0 Å². The molecule has 1 saturated heterocycles. The van der Waals surface area contributed by atoms with Crippen molar-refractivity contribution in [2.45, 2.75) is 6.92 Å². The predicted molar refractivity (Wildman–Crippen MR) is 115 cm³/mol. The van der Waals surface area contributed by atoms with Crippen LogP contribution in [0, 0.1) is 6.92 Å². The van der Waals surface area contributed by atoms with E-state index in [2.05, 4.69) is 26.3 Å². The van der Waals surface area contributed by atoms with Gasteiger partial charge in [-0.15, -0.1) is 11.3 Å². The summed E-state index contributed by atoms with van der Waals surface area (Å²) >= 11 is 1.41. The Labute approximate surface area is 174 Å². The van der Waals surface area contributed by atoms with Gasteiger partial charge in [0.25, 0.3) is 5.91 Å². The number of rotatable bonds is 5. The van der Waals surface area contributed by atoms with Gasteiger partial charge in [-0.3, -0.25) is 4.79 Å². The van der Waals surface area contributed by atoms with E-state index in [1.54, 1.807) is 12.5 Å². The van der Waals surface area contributed by atoms with Crippen LogP contribution in [0.3, 0.4) is 0 Å². The molecule has 2 aromatic heterocycles. The van der Waals surface area contributed by atoms with Gasteiger partial charge in [0.05, 0.1) is 7.11 Å². The number of nitrogens with zero attached hydrogens (tertiary/aromatic N) is 4. The van der Waals surface area contributed by atoms with E-state index in [1.807, 2.05) is 48.2 Å². The van der Waals surface area contributed by atoms with Crippen molar-refractivity contribution in [1.82, 2.24) is 14.9 Å². The lowest BCUT2D eigenvalue weighted by atomic mass is 10.2. The molecule has 1 amide bonds. The van der Waals surface area contributed by atoms with Gasteiger partial charge < -0.3 is 19.9 Å². The third-order valence-corrected chi connectivity index (χ3v) is 5.59. The van der Waals surface area contributed by atoms with E-state index in [0.29, 0.717) is 23.9 Å². The van der Waals surface area contributed by atoms with Crippen molar-refractivity contribution in [3.8, 4) is 5.75 Å². The van der Waals surface area contributed by atoms with Crippen molar-refractivity contribution in [3.05, 3.63) is 59.2 Å². The molecular formula is C21H23N5O2S. The highest BCUT2D eigenvalue weighted by atomic mass is 32.1. The SMILES string of the molecule is COc1cccc(N2CCN(C(=O)c3csc(Nc4cccc(C)n4)n3)CC2)c1. The molecule has 1 aromatic carbocycles. The predicted octanol–water partition coefficient (Wildman–Crippen LogP) is 3.56. The summed E-state index contributed by atoms with van der Waals surface area (Å²) in [5, 5.41) is 5.64. The summed E-state index contributed by atoms with van der Waals surface area (Å²) in [4.78, 5) is 25.8. The number of hydrogen-bond acceptors (Lipinski definition) is 7. The van der Waals surface area contributed by atoms with Crippen LogP contribution >= 0.6 is 11.3 Å². The van der Waals surface area contributed by atoms with Gasteiger partial charge in [0.15, 0.2) is 5.13 Å². The molecule has 3 heterocycles. The van der Waals surface area contributed by atoms with Gasteiger partial charge in [0.2, 0.25) is 0 Å². The summed E-state index contributed by atoms with van der Waals surface area (Å²) < 4.78 is 5.31. The summed E-state index contributed by atoms with van der Waals surface area (Å²) in [6, 6.07) is 13.8. The zero-order chi connectivity index (χ0) is 20.2. The first-order chi connectivity index (χ1) is 14.1. The number of ether oxygens (including phenoxy) is 1. The fourth-order valence-electron chi connectivity index (χ4n) is 3.29. The molecule has 0 unspecified atom stereocenters. The highest BCUT2D eigenvalue weighted by Crippen LogP contribution is 2.24. The number of piperazine rings is 1. The highest BCUT2D eigenvalue weighted by Gasteiger charge is 2.24. The Kier molecular flexibility index (Phi) is 5.62. The van der Waals surface area contributed by atoms with Crippen molar-refractivity contribution in [3.63, 3.8) is 0 Å². The van der Waals surface area contributed by atoms with E-state index in [-0.39, 0.29) is 5.91 Å². The Morgan fingerprint density at radius 1 is 1.10 bits per heavy atom. The quantitative estimate of drug-likeness (QED) is 0.695. The minimum Gasteiger partial charge on any atom is -0.497 e. The second-order valence-corrected chi connectivity index (χ2v) is 7.67. The van der Waals surface area contributed by atoms with E-state index >= 15 is 0 Å². The number of aryl methyl sites for hydroxylation is 1. The number of amides is 1. The minimum atomic E-state index is -0.0307. The molecule has 7 nitrogen and oxygen atoms in total. The van der Waals surface area contributed by atoms with Crippen LogP contribution in [0.2, 0.25) is 0 Å². The zero-order valence-corrected chi connectivity index (χ0v) is 17.3. The molecule has 150 valence electrons. The van der Waals surface area contributed by atoms with Crippen LogP contribution in [0.4, 0.5) is 16.6 Å². The van der Waals surface area contributed by atoms with Crippen LogP contribution in [-0.4, -0.2) is 54.1 Å². The molecule has 0 spiro atoms. The van der Waals surface area contributed by atoms with Gasteiger partial charge in [0, 0.05) is 49.0 Å². The maximum absolute atomic E-state index is 12.9. The molecule has 1 aliphatic rings. The van der Waals surface area contributed by atoms with Crippen molar-refractivity contribution < 1.29 is 9.53 Å². The minimum absolute atomic E-state index is 0.0307. The van der Waals surface area contributed by atoms with Gasteiger partial charge in [-0.05, 0) is 31.2 Å². The second kappa shape index (κ2) is 8.48. The van der Waals surface area contributed by atoms with Gasteiger partial charge in [-0.1, -0.05) is 12.1 Å². The number of hydrogen-bond donors (Lipinski definition) is 1. The molecule has 1 N–H and O–H groups in total. The number of aromatic nitrogens is 2. The van der Waals surface area contributed by atoms with E-state index in [9.17, 15) is 4.79 Å². The lowest BCUT2D eigenvalue weighted by Gasteiger charge is -2.35. The monoisotopic (exact) mass is 409 g/mol. The summed E-state index contributed by atoms with van der Waals surface area (Å²) in [7, 11) is 1.67. The molecule has 1 aliphatic heterocycles. The van der Waals surface area contributed by atoms with Gasteiger partial charge in [0.1, 0.15) is 17.3 Å². The molecular weight excluding hydrogens is 386 g/mol. The van der Waals surface area contributed by atoms with E-state index in [1.165, 1.54) is 11.3 Å². The summed E-state index contributed by atoms with van der Waals surface area (Å²) in [6.45, 7) is 4.82. The van der Waals surface area contributed by atoms with Crippen molar-refractivity contribution in [1.29, 1.82) is 0 Å². The molecule has 0 aliphatic carbocycles. The van der Waals surface area contributed by atoms with E-state index in [4.69, 9.17) is 4.74 Å². The molecule has 0 atom stereocenters. The zero-order valence-electron chi connectivity index (χ0n) is 16.5. The average Bonchev–Trinajstić information content (AvgIpc) is 3.22. The van der Waals surface area contributed by atoms with E-state index in [0.717, 1.165) is 36.0 Å². The molecule has 0 saturated carbocycles. The number of anilines is 3. The summed E-state index contributed by atoms with van der Waals surface area (Å²) in [6.07, 6.45) is 0. The lowest BCUT2D eigenvalue weighted by molar-refractivity contribution is 0.0742. The van der Waals surface area contributed by atoms with Gasteiger partial charge in [-0.25, -0.2) is 9.97 Å². The second-order valence-electron chi connectivity index (χ2n) is 6.81. The maximum Gasteiger partial charge on any atom is 0.273 e. The first kappa shape index (κ1) is 19.2. The number of thiazole rings is 1. The number of pyridine rings is 1. The van der Waals surface area contributed by atoms with Crippen LogP contribution in [0.1, 0.15) is 16.2 Å². The smallest absolute Gasteiger partial charge is 0.273 e. The van der Waals surface area contributed by atoms with Crippen LogP contribution in [0.15, 0.2) is 47.8 Å². The largest absolute Gasteiger partial charge is 0.497 e. The fourth-order valence-corrected chi connectivity index (χ4v) is 3.98. The number of carbonyl (C=O) groups excluding carboxylic acids is 1. The summed E-state index contributed by atoms with van der Waals surface area (Å²) in [5.41, 5.74) is 2.51. The first-order valence-corrected chi connectivity index (χ1v) is 10.3. The molecule has 3 aromatic rings. The Bertz CT molecular complexity index is 998. The van der Waals surface area contributed by atoms with Crippen LogP contribution in [0.25, 0.3) is 0 Å². The Morgan fingerprint density at radius 3 is 2.66 bits per heavy atom. The lowest BCUT2D eigenvalue weighted by Crippen LogP contribution is -2.48. The fraction of sp³-hybridized carbons (Fsp3) is 0.286. The third-order valence-electron chi connectivity index (χ3n) is 4.83. The number of methoxy groups -OCH3 is 1. The number of nitrogens with one attached hydrogen (secondary N) is 1. The Hall–Kier alpha value is -3.13. The molecule has 29 heavy (non-hydrogen) atoms. The molecule has 0 bridgehead atoms. The first-order valence-electron chi connectivity index (χ1n) is 9.47. The molecule has 1 fully saturated rings. The topological polar surface area (TPSA) is 70.6 Å². The van der Waals surface area contributed by atoms with Gasteiger partial charge in [-0.2, -0.15) is 0 Å². The number of carbonyl (C=O) groups is 1. The standard InChI is InChI=1S/C21H23N5O2S/c1-15-5-3-8-19(22-15)24-21-23-18(14-29-21)20(27)26-11-9-25(10-12-26)16-6-4-7-17(13-16)28-2/h3-8,13-14H,9-12H2,1-2H3,(H,22,23,24). The number of benzene rings is 1. The van der Waals surface area contributed by atoms with Crippen molar-refractivity contribution in [2.75, 3.05) is 43.5 Å². The summed E-state index contributed by atoms with van der Waals surface area (Å²) in [5.74, 6) is 1.54. The van der Waals surface area contributed by atoms with Crippen LogP contribution in [0.5, 0.6) is 5.75 Å².